The third-order valence-corrected chi connectivity index (χ3v) is 4.47. The van der Waals surface area contributed by atoms with Crippen LogP contribution in [-0.4, -0.2) is 5.24 Å². The van der Waals surface area contributed by atoms with Crippen LogP contribution >= 0.6 is 22.9 Å². The molecule has 1 atom stereocenters. The van der Waals surface area contributed by atoms with Gasteiger partial charge >= 0.3 is 0 Å². The molecule has 1 heterocycles. The number of fused-ring (bicyclic) bond motifs is 1. The maximum atomic E-state index is 10.8. The summed E-state index contributed by atoms with van der Waals surface area (Å²) >= 11 is 7.15. The summed E-state index contributed by atoms with van der Waals surface area (Å²) in [5.41, 5.74) is 1.45. The van der Waals surface area contributed by atoms with Gasteiger partial charge in [-0.1, -0.05) is 13.8 Å². The Morgan fingerprint density at radius 1 is 1.60 bits per heavy atom. The monoisotopic (exact) mass is 242 g/mol. The molecule has 0 radical (unpaired) electrons. The number of carbonyl (C=O) groups excluding carboxylic acids is 1. The molecule has 15 heavy (non-hydrogen) atoms. The number of rotatable bonds is 3. The van der Waals surface area contributed by atoms with Crippen LogP contribution in [0.2, 0.25) is 0 Å². The number of hydrogen-bond donors (Lipinski definition) is 0. The van der Waals surface area contributed by atoms with Crippen LogP contribution in [0.1, 0.15) is 29.2 Å². The van der Waals surface area contributed by atoms with Gasteiger partial charge in [-0.25, -0.2) is 0 Å². The van der Waals surface area contributed by atoms with Gasteiger partial charge < -0.3 is 0 Å². The van der Waals surface area contributed by atoms with Gasteiger partial charge in [-0.3, -0.25) is 4.79 Å². The second kappa shape index (κ2) is 4.26. The van der Waals surface area contributed by atoms with E-state index >= 15 is 0 Å². The lowest BCUT2D eigenvalue weighted by molar-refractivity contribution is -0.111. The van der Waals surface area contributed by atoms with Crippen molar-refractivity contribution in [1.29, 1.82) is 0 Å². The molecule has 0 amide bonds. The van der Waals surface area contributed by atoms with E-state index in [1.165, 1.54) is 23.3 Å². The fourth-order valence-corrected chi connectivity index (χ4v) is 3.68. The van der Waals surface area contributed by atoms with E-state index in [-0.39, 0.29) is 5.24 Å². The zero-order valence-electron chi connectivity index (χ0n) is 9.05. The predicted octanol–water partition coefficient (Wildman–Crippen LogP) is 3.43. The molecule has 1 aliphatic carbocycles. The van der Waals surface area contributed by atoms with Crippen LogP contribution in [0.5, 0.6) is 0 Å². The van der Waals surface area contributed by atoms with Crippen molar-refractivity contribution in [3.63, 3.8) is 0 Å². The molecule has 1 aliphatic rings. The Balaban J connectivity index is 2.09. The highest BCUT2D eigenvalue weighted by atomic mass is 35.5. The molecule has 1 aromatic rings. The summed E-state index contributed by atoms with van der Waals surface area (Å²) < 4.78 is 0. The Morgan fingerprint density at radius 2 is 2.33 bits per heavy atom. The van der Waals surface area contributed by atoms with Gasteiger partial charge in [0.2, 0.25) is 5.24 Å². The Labute approximate surface area is 99.5 Å². The lowest BCUT2D eigenvalue weighted by Gasteiger charge is -2.12. The van der Waals surface area contributed by atoms with E-state index in [0.29, 0.717) is 6.42 Å². The van der Waals surface area contributed by atoms with Crippen LogP contribution < -0.4 is 0 Å². The first kappa shape index (κ1) is 11.2. The van der Waals surface area contributed by atoms with E-state index in [1.54, 1.807) is 11.3 Å². The smallest absolute Gasteiger partial charge is 0.226 e. The molecule has 1 aromatic heterocycles. The first-order chi connectivity index (χ1) is 7.06. The van der Waals surface area contributed by atoms with Gasteiger partial charge in [0.05, 0.1) is 6.42 Å². The van der Waals surface area contributed by atoms with E-state index < -0.39 is 0 Å². The Hall–Kier alpha value is -0.340. The van der Waals surface area contributed by atoms with Gasteiger partial charge in [-0.05, 0) is 47.9 Å². The van der Waals surface area contributed by atoms with Gasteiger partial charge in [0, 0.05) is 9.75 Å². The molecular weight excluding hydrogens is 228 g/mol. The minimum atomic E-state index is -0.254. The van der Waals surface area contributed by atoms with Crippen molar-refractivity contribution in [2.45, 2.75) is 33.1 Å². The lowest BCUT2D eigenvalue weighted by Crippen LogP contribution is -2.07. The zero-order valence-corrected chi connectivity index (χ0v) is 10.6. The third-order valence-electron chi connectivity index (χ3n) is 3.13. The topological polar surface area (TPSA) is 17.1 Å². The largest absolute Gasteiger partial charge is 0.281 e. The van der Waals surface area contributed by atoms with Crippen molar-refractivity contribution in [2.24, 2.45) is 11.8 Å². The standard InChI is InChI=1S/C12H15ClOS/c1-7(2)8-3-9-4-10(6-12(13)14)15-11(9)5-8/h4,7-8H,3,5-6H2,1-2H3. The molecule has 0 N–H and O–H groups in total. The molecule has 3 heteroatoms. The number of hydrogen-bond acceptors (Lipinski definition) is 2. The van der Waals surface area contributed by atoms with Crippen LogP contribution in [0.4, 0.5) is 0 Å². The normalized spacial score (nSPS) is 19.6. The zero-order chi connectivity index (χ0) is 11.0. The van der Waals surface area contributed by atoms with E-state index in [1.807, 2.05) is 0 Å². The summed E-state index contributed by atoms with van der Waals surface area (Å²) in [5, 5.41) is -0.254. The quantitative estimate of drug-likeness (QED) is 0.743. The van der Waals surface area contributed by atoms with Gasteiger partial charge in [0.15, 0.2) is 0 Å². The Bertz CT molecular complexity index is 357. The van der Waals surface area contributed by atoms with Crippen molar-refractivity contribution < 1.29 is 4.79 Å². The fraction of sp³-hybridized carbons (Fsp3) is 0.583. The third kappa shape index (κ3) is 2.43. The van der Waals surface area contributed by atoms with Crippen molar-refractivity contribution in [3.05, 3.63) is 21.4 Å². The molecule has 1 unspecified atom stereocenters. The summed E-state index contributed by atoms with van der Waals surface area (Å²) in [6, 6.07) is 2.17. The molecule has 0 aliphatic heterocycles. The van der Waals surface area contributed by atoms with Crippen LogP contribution in [-0.2, 0) is 24.1 Å². The molecule has 0 aromatic carbocycles. The fourth-order valence-electron chi connectivity index (χ4n) is 2.16. The maximum Gasteiger partial charge on any atom is 0.226 e. The van der Waals surface area contributed by atoms with Crippen LogP contribution in [0.3, 0.4) is 0 Å². The van der Waals surface area contributed by atoms with E-state index in [0.717, 1.165) is 16.7 Å². The average molecular weight is 243 g/mol. The van der Waals surface area contributed by atoms with Gasteiger partial charge in [-0.15, -0.1) is 11.3 Å². The summed E-state index contributed by atoms with van der Waals surface area (Å²) in [4.78, 5) is 13.4. The number of thiophene rings is 1. The summed E-state index contributed by atoms with van der Waals surface area (Å²) in [5.74, 6) is 1.55. The van der Waals surface area contributed by atoms with Crippen molar-refractivity contribution >= 4 is 28.2 Å². The molecular formula is C12H15ClOS. The minimum Gasteiger partial charge on any atom is -0.281 e. The van der Waals surface area contributed by atoms with Crippen LogP contribution in [0.25, 0.3) is 0 Å². The molecule has 0 fully saturated rings. The van der Waals surface area contributed by atoms with E-state index in [4.69, 9.17) is 11.6 Å². The molecule has 0 saturated carbocycles. The second-order valence-electron chi connectivity index (χ2n) is 4.61. The highest BCUT2D eigenvalue weighted by molar-refractivity contribution is 7.12. The Morgan fingerprint density at radius 3 is 2.87 bits per heavy atom. The first-order valence-electron chi connectivity index (χ1n) is 5.35. The molecule has 82 valence electrons. The van der Waals surface area contributed by atoms with Crippen LogP contribution in [0, 0.1) is 11.8 Å². The number of halogens is 1. The SMILES string of the molecule is CC(C)C1Cc2cc(CC(=O)Cl)sc2C1. The van der Waals surface area contributed by atoms with Crippen LogP contribution in [0.15, 0.2) is 6.07 Å². The van der Waals surface area contributed by atoms with E-state index in [2.05, 4.69) is 19.9 Å². The van der Waals surface area contributed by atoms with Gasteiger partial charge in [-0.2, -0.15) is 0 Å². The highest BCUT2D eigenvalue weighted by Crippen LogP contribution is 2.37. The van der Waals surface area contributed by atoms with Crippen molar-refractivity contribution in [2.75, 3.05) is 0 Å². The summed E-state index contributed by atoms with van der Waals surface area (Å²) in [7, 11) is 0. The first-order valence-corrected chi connectivity index (χ1v) is 6.54. The average Bonchev–Trinajstić information content (AvgIpc) is 2.58. The highest BCUT2D eigenvalue weighted by Gasteiger charge is 2.26. The number of carbonyl (C=O) groups is 1. The minimum absolute atomic E-state index is 0.254. The molecule has 0 spiro atoms. The van der Waals surface area contributed by atoms with Crippen molar-refractivity contribution in [3.8, 4) is 0 Å². The van der Waals surface area contributed by atoms with Gasteiger partial charge in [0.25, 0.3) is 0 Å². The van der Waals surface area contributed by atoms with Gasteiger partial charge in [0.1, 0.15) is 0 Å². The molecule has 0 saturated heterocycles. The predicted molar refractivity (Wildman–Crippen MR) is 64.6 cm³/mol. The second-order valence-corrected chi connectivity index (χ2v) is 6.25. The summed E-state index contributed by atoms with van der Waals surface area (Å²) in [6.45, 7) is 4.56. The van der Waals surface area contributed by atoms with Crippen molar-refractivity contribution in [1.82, 2.24) is 0 Å². The lowest BCUT2D eigenvalue weighted by atomic mass is 9.93. The van der Waals surface area contributed by atoms with E-state index in [9.17, 15) is 4.79 Å². The molecule has 1 nitrogen and oxygen atoms in total. The maximum absolute atomic E-state index is 10.8. The Kier molecular flexibility index (Phi) is 3.17. The molecule has 2 rings (SSSR count). The molecule has 0 bridgehead atoms. The summed E-state index contributed by atoms with van der Waals surface area (Å²) in [6.07, 6.45) is 2.76.